The monoisotopic (exact) mass is 226 g/mol. The Labute approximate surface area is 101 Å². The van der Waals surface area contributed by atoms with E-state index in [1.54, 1.807) is 0 Å². The highest BCUT2D eigenvalue weighted by Crippen LogP contribution is 2.34. The molecule has 2 nitrogen and oxygen atoms in total. The van der Waals surface area contributed by atoms with Crippen molar-refractivity contribution in [2.24, 2.45) is 0 Å². The maximum Gasteiger partial charge on any atom is 0.161 e. The van der Waals surface area contributed by atoms with Gasteiger partial charge in [0.1, 0.15) is 13.2 Å². The van der Waals surface area contributed by atoms with Gasteiger partial charge in [-0.25, -0.2) is 0 Å². The highest BCUT2D eigenvalue weighted by atomic mass is 16.6. The van der Waals surface area contributed by atoms with E-state index in [1.165, 1.54) is 11.1 Å². The number of ether oxygens (including phenoxy) is 2. The molecular weight excluding hydrogens is 212 g/mol. The molecule has 0 saturated carbocycles. The first kappa shape index (κ1) is 10.2. The minimum absolute atomic E-state index is 0.629. The van der Waals surface area contributed by atoms with Crippen molar-refractivity contribution < 1.29 is 9.47 Å². The molecule has 0 amide bonds. The van der Waals surface area contributed by atoms with Crippen LogP contribution in [0.15, 0.2) is 42.5 Å². The first-order valence-corrected chi connectivity index (χ1v) is 5.79. The average molecular weight is 226 g/mol. The van der Waals surface area contributed by atoms with E-state index < -0.39 is 0 Å². The third kappa shape index (κ3) is 1.98. The van der Waals surface area contributed by atoms with Crippen LogP contribution in [0.1, 0.15) is 5.56 Å². The second kappa shape index (κ2) is 4.13. The van der Waals surface area contributed by atoms with Gasteiger partial charge in [0.05, 0.1) is 0 Å². The average Bonchev–Trinajstić information content (AvgIpc) is 2.38. The van der Waals surface area contributed by atoms with Crippen molar-refractivity contribution in [3.8, 4) is 22.6 Å². The summed E-state index contributed by atoms with van der Waals surface area (Å²) in [5.74, 6) is 1.68. The smallest absolute Gasteiger partial charge is 0.161 e. The Kier molecular flexibility index (Phi) is 2.48. The molecule has 0 bridgehead atoms. The Balaban J connectivity index is 2.04. The van der Waals surface area contributed by atoms with Crippen LogP contribution in [0.4, 0.5) is 0 Å². The van der Waals surface area contributed by atoms with Crippen LogP contribution in [0.3, 0.4) is 0 Å². The Morgan fingerprint density at radius 3 is 2.41 bits per heavy atom. The summed E-state index contributed by atoms with van der Waals surface area (Å²) in [5, 5.41) is 0. The van der Waals surface area contributed by atoms with E-state index in [4.69, 9.17) is 9.47 Å². The summed E-state index contributed by atoms with van der Waals surface area (Å²) in [5.41, 5.74) is 3.64. The molecule has 0 unspecified atom stereocenters. The minimum atomic E-state index is 0.629. The molecule has 0 atom stereocenters. The molecule has 2 aromatic carbocycles. The number of hydrogen-bond acceptors (Lipinski definition) is 2. The van der Waals surface area contributed by atoms with E-state index in [2.05, 4.69) is 37.3 Å². The summed E-state index contributed by atoms with van der Waals surface area (Å²) in [6.45, 7) is 3.36. The zero-order valence-electron chi connectivity index (χ0n) is 9.77. The van der Waals surface area contributed by atoms with Gasteiger partial charge in [-0.05, 0) is 30.2 Å². The fourth-order valence-electron chi connectivity index (χ4n) is 2.05. The molecule has 0 aliphatic carbocycles. The van der Waals surface area contributed by atoms with Gasteiger partial charge >= 0.3 is 0 Å². The highest BCUT2D eigenvalue weighted by molar-refractivity contribution is 5.67. The maximum absolute atomic E-state index is 5.59. The van der Waals surface area contributed by atoms with Gasteiger partial charge in [0.2, 0.25) is 0 Å². The molecule has 0 fully saturated rings. The summed E-state index contributed by atoms with van der Waals surface area (Å²) in [7, 11) is 0. The first-order chi connectivity index (χ1) is 8.33. The second-order valence-electron chi connectivity index (χ2n) is 4.23. The van der Waals surface area contributed by atoms with E-state index in [-0.39, 0.29) is 0 Å². The molecule has 17 heavy (non-hydrogen) atoms. The second-order valence-corrected chi connectivity index (χ2v) is 4.23. The Bertz CT molecular complexity index is 546. The lowest BCUT2D eigenvalue weighted by Crippen LogP contribution is -2.15. The molecule has 0 radical (unpaired) electrons. The van der Waals surface area contributed by atoms with Crippen LogP contribution in [0, 0.1) is 6.92 Å². The minimum Gasteiger partial charge on any atom is -0.486 e. The number of rotatable bonds is 1. The molecule has 0 saturated heterocycles. The number of hydrogen-bond donors (Lipinski definition) is 0. The van der Waals surface area contributed by atoms with Crippen LogP contribution in [-0.4, -0.2) is 13.2 Å². The Morgan fingerprint density at radius 1 is 0.824 bits per heavy atom. The molecule has 0 N–H and O–H groups in total. The summed E-state index contributed by atoms with van der Waals surface area (Å²) in [6, 6.07) is 14.5. The maximum atomic E-state index is 5.59. The van der Waals surface area contributed by atoms with Crippen LogP contribution in [0.5, 0.6) is 11.5 Å². The van der Waals surface area contributed by atoms with Crippen LogP contribution >= 0.6 is 0 Å². The van der Waals surface area contributed by atoms with E-state index >= 15 is 0 Å². The van der Waals surface area contributed by atoms with Gasteiger partial charge in [-0.3, -0.25) is 0 Å². The van der Waals surface area contributed by atoms with Gasteiger partial charge in [-0.2, -0.15) is 0 Å². The first-order valence-electron chi connectivity index (χ1n) is 5.79. The third-order valence-electron chi connectivity index (χ3n) is 2.89. The number of fused-ring (bicyclic) bond motifs is 1. The van der Waals surface area contributed by atoms with Crippen molar-refractivity contribution in [1.82, 2.24) is 0 Å². The van der Waals surface area contributed by atoms with Gasteiger partial charge in [0, 0.05) is 0 Å². The van der Waals surface area contributed by atoms with Crippen LogP contribution < -0.4 is 9.47 Å². The summed E-state index contributed by atoms with van der Waals surface area (Å²) in [4.78, 5) is 0. The molecule has 2 aromatic rings. The molecule has 86 valence electrons. The zero-order valence-corrected chi connectivity index (χ0v) is 9.77. The van der Waals surface area contributed by atoms with Crippen molar-refractivity contribution in [3.05, 3.63) is 48.0 Å². The van der Waals surface area contributed by atoms with Crippen molar-refractivity contribution >= 4 is 0 Å². The van der Waals surface area contributed by atoms with Gasteiger partial charge in [-0.1, -0.05) is 35.9 Å². The van der Waals surface area contributed by atoms with E-state index in [1.807, 2.05) is 12.1 Å². The van der Waals surface area contributed by atoms with Gasteiger partial charge in [0.25, 0.3) is 0 Å². The summed E-state index contributed by atoms with van der Waals surface area (Å²) >= 11 is 0. The molecule has 1 heterocycles. The molecule has 1 aliphatic heterocycles. The molecule has 0 spiro atoms. The lowest BCUT2D eigenvalue weighted by molar-refractivity contribution is 0.171. The van der Waals surface area contributed by atoms with Gasteiger partial charge < -0.3 is 9.47 Å². The van der Waals surface area contributed by atoms with E-state index in [0.717, 1.165) is 17.1 Å². The normalized spacial score (nSPS) is 13.5. The Morgan fingerprint density at radius 2 is 1.59 bits per heavy atom. The third-order valence-corrected chi connectivity index (χ3v) is 2.89. The lowest BCUT2D eigenvalue weighted by atomic mass is 10.0. The van der Waals surface area contributed by atoms with Crippen LogP contribution in [-0.2, 0) is 0 Å². The number of aryl methyl sites for hydroxylation is 1. The quantitative estimate of drug-likeness (QED) is 0.741. The molecule has 2 heteroatoms. The molecule has 3 rings (SSSR count). The Hall–Kier alpha value is -1.96. The molecular formula is C15H14O2. The largest absolute Gasteiger partial charge is 0.486 e. The lowest BCUT2D eigenvalue weighted by Gasteiger charge is -2.19. The van der Waals surface area contributed by atoms with E-state index in [9.17, 15) is 0 Å². The van der Waals surface area contributed by atoms with Crippen molar-refractivity contribution in [3.63, 3.8) is 0 Å². The number of benzene rings is 2. The van der Waals surface area contributed by atoms with Gasteiger partial charge in [-0.15, -0.1) is 0 Å². The fourth-order valence-corrected chi connectivity index (χ4v) is 2.05. The standard InChI is InChI=1S/C15H14O2/c1-11-3-2-4-12(9-11)13-5-6-14-15(10-13)17-8-7-16-14/h2-6,9-10H,7-8H2,1H3. The molecule has 1 aliphatic rings. The topological polar surface area (TPSA) is 18.5 Å². The summed E-state index contributed by atoms with van der Waals surface area (Å²) in [6.07, 6.45) is 0. The van der Waals surface area contributed by atoms with Crippen molar-refractivity contribution in [2.75, 3.05) is 13.2 Å². The zero-order chi connectivity index (χ0) is 11.7. The SMILES string of the molecule is Cc1cccc(-c2ccc3c(c2)OCCO3)c1. The van der Waals surface area contributed by atoms with Crippen LogP contribution in [0.25, 0.3) is 11.1 Å². The fraction of sp³-hybridized carbons (Fsp3) is 0.200. The van der Waals surface area contributed by atoms with Gasteiger partial charge in [0.15, 0.2) is 11.5 Å². The van der Waals surface area contributed by atoms with E-state index in [0.29, 0.717) is 13.2 Å². The predicted molar refractivity (Wildman–Crippen MR) is 67.6 cm³/mol. The van der Waals surface area contributed by atoms with Crippen LogP contribution in [0.2, 0.25) is 0 Å². The van der Waals surface area contributed by atoms with Crippen molar-refractivity contribution in [2.45, 2.75) is 6.92 Å². The molecule has 0 aromatic heterocycles. The summed E-state index contributed by atoms with van der Waals surface area (Å²) < 4.78 is 11.1. The highest BCUT2D eigenvalue weighted by Gasteiger charge is 2.12. The van der Waals surface area contributed by atoms with Crippen molar-refractivity contribution in [1.29, 1.82) is 0 Å². The predicted octanol–water partition coefficient (Wildman–Crippen LogP) is 3.43.